The van der Waals surface area contributed by atoms with Gasteiger partial charge in [-0.3, -0.25) is 4.79 Å². The number of nitrogens with zero attached hydrogens (tertiary/aromatic N) is 1. The Hall–Kier alpha value is -0.120. The van der Waals surface area contributed by atoms with Crippen LogP contribution in [0.15, 0.2) is 0 Å². The van der Waals surface area contributed by atoms with Crippen LogP contribution in [0.1, 0.15) is 25.7 Å². The average Bonchev–Trinajstić information content (AvgIpc) is 2.30. The van der Waals surface area contributed by atoms with Crippen LogP contribution in [0.3, 0.4) is 0 Å². The van der Waals surface area contributed by atoms with Gasteiger partial charge in [0.25, 0.3) is 0 Å². The summed E-state index contributed by atoms with van der Waals surface area (Å²) in [5, 5.41) is 0. The van der Waals surface area contributed by atoms with Crippen molar-refractivity contribution < 1.29 is 9.18 Å². The molecule has 0 aromatic carbocycles. The lowest BCUT2D eigenvalue weighted by Crippen LogP contribution is -2.44. The fourth-order valence-corrected chi connectivity index (χ4v) is 2.59. The fraction of sp³-hybridized carbons (Fsp3) is 0.875. The summed E-state index contributed by atoms with van der Waals surface area (Å²) in [5.41, 5.74) is 0. The quantitative estimate of drug-likeness (QED) is 0.587. The minimum absolute atomic E-state index is 0.149. The van der Waals surface area contributed by atoms with Gasteiger partial charge in [0.15, 0.2) is 4.58 Å². The third-order valence-corrected chi connectivity index (χ3v) is 3.43. The summed E-state index contributed by atoms with van der Waals surface area (Å²) in [6, 6.07) is 0.149. The molecule has 68 valence electrons. The molecule has 0 spiro atoms. The molecule has 2 fully saturated rings. The topological polar surface area (TPSA) is 20.3 Å². The minimum atomic E-state index is -1.22. The largest absolute Gasteiger partial charge is 0.339 e. The Morgan fingerprint density at radius 2 is 2.42 bits per heavy atom. The second-order valence-corrected chi connectivity index (χ2v) is 5.01. The van der Waals surface area contributed by atoms with Gasteiger partial charge in [0.2, 0.25) is 5.91 Å². The molecule has 2 nitrogen and oxygen atoms in total. The van der Waals surface area contributed by atoms with E-state index in [1.165, 1.54) is 0 Å². The molecule has 0 radical (unpaired) electrons. The molecule has 0 aliphatic carbocycles. The third kappa shape index (κ3) is 1.37. The van der Waals surface area contributed by atoms with Gasteiger partial charge in [0.1, 0.15) is 0 Å². The summed E-state index contributed by atoms with van der Waals surface area (Å²) >= 11 is 3.04. The van der Waals surface area contributed by atoms with Crippen molar-refractivity contribution in [2.24, 2.45) is 0 Å². The number of amides is 1. The van der Waals surface area contributed by atoms with Gasteiger partial charge >= 0.3 is 0 Å². The minimum Gasteiger partial charge on any atom is -0.339 e. The number of hydrogen-bond acceptors (Lipinski definition) is 1. The Morgan fingerprint density at radius 3 is 3.17 bits per heavy atom. The summed E-state index contributed by atoms with van der Waals surface area (Å²) in [4.78, 5) is 13.0. The number of halogens is 2. The number of hydrogen-bond donors (Lipinski definition) is 0. The molecule has 2 aliphatic heterocycles. The molecule has 1 amide bonds. The predicted molar refractivity (Wildman–Crippen MR) is 46.7 cm³/mol. The summed E-state index contributed by atoms with van der Waals surface area (Å²) in [7, 11) is 0. The number of piperidine rings is 1. The number of fused-ring (bicyclic) bond motifs is 1. The average molecular weight is 236 g/mol. The summed E-state index contributed by atoms with van der Waals surface area (Å²) in [5.74, 6) is 0.197. The lowest BCUT2D eigenvalue weighted by atomic mass is 10.0. The zero-order valence-corrected chi connectivity index (χ0v) is 8.31. The first-order valence-electron chi connectivity index (χ1n) is 4.26. The van der Waals surface area contributed by atoms with E-state index in [0.29, 0.717) is 25.8 Å². The van der Waals surface area contributed by atoms with Crippen molar-refractivity contribution in [2.45, 2.75) is 36.3 Å². The standard InChI is InChI=1S/C8H11BrFNO/c9-8(10)3-4-11-6(5-8)1-2-7(11)12/h6H,1-5H2. The van der Waals surface area contributed by atoms with Crippen LogP contribution in [0, 0.1) is 0 Å². The smallest absolute Gasteiger partial charge is 0.222 e. The third-order valence-electron chi connectivity index (χ3n) is 2.71. The zero-order valence-electron chi connectivity index (χ0n) is 6.72. The first kappa shape index (κ1) is 8.48. The molecule has 2 unspecified atom stereocenters. The maximum Gasteiger partial charge on any atom is 0.222 e. The van der Waals surface area contributed by atoms with Crippen LogP contribution in [0.5, 0.6) is 0 Å². The number of carbonyl (C=O) groups excluding carboxylic acids is 1. The van der Waals surface area contributed by atoms with Crippen LogP contribution in [-0.2, 0) is 4.79 Å². The SMILES string of the molecule is O=C1CCC2CC(F)(Br)CCN12. The summed E-state index contributed by atoms with van der Waals surface area (Å²) in [6.45, 7) is 0.575. The number of alkyl halides is 2. The molecule has 2 aliphatic rings. The fourth-order valence-electron chi connectivity index (χ4n) is 2.04. The van der Waals surface area contributed by atoms with Gasteiger partial charge < -0.3 is 4.90 Å². The lowest BCUT2D eigenvalue weighted by Gasteiger charge is -2.35. The van der Waals surface area contributed by atoms with Crippen LogP contribution < -0.4 is 0 Å². The number of rotatable bonds is 0. The van der Waals surface area contributed by atoms with Gasteiger partial charge in [-0.05, 0) is 22.4 Å². The Balaban J connectivity index is 2.09. The molecule has 2 atom stereocenters. The van der Waals surface area contributed by atoms with Crippen LogP contribution in [-0.4, -0.2) is 28.0 Å². The van der Waals surface area contributed by atoms with Crippen molar-refractivity contribution in [3.63, 3.8) is 0 Å². The molecule has 0 saturated carbocycles. The van der Waals surface area contributed by atoms with E-state index in [9.17, 15) is 9.18 Å². The highest BCUT2D eigenvalue weighted by Crippen LogP contribution is 2.39. The molecule has 12 heavy (non-hydrogen) atoms. The van der Waals surface area contributed by atoms with Crippen molar-refractivity contribution in [3.8, 4) is 0 Å². The summed E-state index contributed by atoms with van der Waals surface area (Å²) in [6.07, 6.45) is 2.32. The molecule has 2 saturated heterocycles. The maximum atomic E-state index is 13.4. The van der Waals surface area contributed by atoms with Crippen molar-refractivity contribution in [1.82, 2.24) is 4.90 Å². The van der Waals surface area contributed by atoms with E-state index in [1.807, 2.05) is 4.90 Å². The zero-order chi connectivity index (χ0) is 8.77. The predicted octanol–water partition coefficient (Wildman–Crippen LogP) is 1.83. The molecule has 0 aromatic heterocycles. The Bertz CT molecular complexity index is 219. The van der Waals surface area contributed by atoms with E-state index in [4.69, 9.17) is 0 Å². The second-order valence-electron chi connectivity index (χ2n) is 3.59. The van der Waals surface area contributed by atoms with Gasteiger partial charge in [0, 0.05) is 31.8 Å². The van der Waals surface area contributed by atoms with Crippen LogP contribution in [0.25, 0.3) is 0 Å². The van der Waals surface area contributed by atoms with Gasteiger partial charge in [-0.1, -0.05) is 0 Å². The molecule has 4 heteroatoms. The van der Waals surface area contributed by atoms with Crippen molar-refractivity contribution in [2.75, 3.05) is 6.54 Å². The van der Waals surface area contributed by atoms with Crippen molar-refractivity contribution in [1.29, 1.82) is 0 Å². The second kappa shape index (κ2) is 2.69. The molecule has 0 N–H and O–H groups in total. The highest BCUT2D eigenvalue weighted by atomic mass is 79.9. The van der Waals surface area contributed by atoms with Crippen molar-refractivity contribution in [3.05, 3.63) is 0 Å². The van der Waals surface area contributed by atoms with Crippen LogP contribution >= 0.6 is 15.9 Å². The van der Waals surface area contributed by atoms with E-state index in [0.717, 1.165) is 6.42 Å². The van der Waals surface area contributed by atoms with E-state index < -0.39 is 4.58 Å². The van der Waals surface area contributed by atoms with Gasteiger partial charge in [-0.2, -0.15) is 0 Å². The lowest BCUT2D eigenvalue weighted by molar-refractivity contribution is -0.130. The van der Waals surface area contributed by atoms with E-state index >= 15 is 0 Å². The van der Waals surface area contributed by atoms with E-state index in [-0.39, 0.29) is 11.9 Å². The van der Waals surface area contributed by atoms with Crippen LogP contribution in [0.4, 0.5) is 4.39 Å². The summed E-state index contributed by atoms with van der Waals surface area (Å²) < 4.78 is 12.2. The van der Waals surface area contributed by atoms with E-state index in [1.54, 1.807) is 0 Å². The molecule has 2 heterocycles. The van der Waals surface area contributed by atoms with Gasteiger partial charge in [-0.25, -0.2) is 4.39 Å². The Kier molecular flexibility index (Phi) is 1.90. The highest BCUT2D eigenvalue weighted by Gasteiger charge is 2.42. The van der Waals surface area contributed by atoms with Gasteiger partial charge in [-0.15, -0.1) is 0 Å². The van der Waals surface area contributed by atoms with Crippen LogP contribution in [0.2, 0.25) is 0 Å². The molecule has 2 rings (SSSR count). The Labute approximate surface area is 79.2 Å². The molecule has 0 aromatic rings. The normalized spacial score (nSPS) is 41.7. The molecular formula is C8H11BrFNO. The maximum absolute atomic E-state index is 13.4. The van der Waals surface area contributed by atoms with Gasteiger partial charge in [0.05, 0.1) is 0 Å². The highest BCUT2D eigenvalue weighted by molar-refractivity contribution is 9.10. The number of carbonyl (C=O) groups is 1. The monoisotopic (exact) mass is 235 g/mol. The Morgan fingerprint density at radius 1 is 1.67 bits per heavy atom. The molecule has 0 bridgehead atoms. The first-order valence-corrected chi connectivity index (χ1v) is 5.05. The van der Waals surface area contributed by atoms with E-state index in [2.05, 4.69) is 15.9 Å². The molecular weight excluding hydrogens is 225 g/mol. The first-order chi connectivity index (χ1) is 5.58. The van der Waals surface area contributed by atoms with Crippen molar-refractivity contribution >= 4 is 21.8 Å².